The third-order valence-electron chi connectivity index (χ3n) is 4.14. The number of fused-ring (bicyclic) bond motifs is 1. The van der Waals surface area contributed by atoms with Gasteiger partial charge in [-0.05, 0) is 55.8 Å². The first kappa shape index (κ1) is 20.5. The number of benzene rings is 2. The van der Waals surface area contributed by atoms with Crippen LogP contribution in [0.15, 0.2) is 36.4 Å². The lowest BCUT2D eigenvalue weighted by atomic mass is 10.1. The van der Waals surface area contributed by atoms with Crippen LogP contribution in [0.5, 0.6) is 17.2 Å². The molecule has 0 fully saturated rings. The van der Waals surface area contributed by atoms with Crippen LogP contribution in [0.1, 0.15) is 19.4 Å². The van der Waals surface area contributed by atoms with Gasteiger partial charge < -0.3 is 24.8 Å². The maximum Gasteiger partial charge on any atom is 0.265 e. The molecule has 7 nitrogen and oxygen atoms in total. The molecule has 1 aliphatic rings. The Morgan fingerprint density at radius 2 is 2.14 bits per heavy atom. The average molecular weight is 417 g/mol. The van der Waals surface area contributed by atoms with Gasteiger partial charge in [0.05, 0.1) is 24.4 Å². The van der Waals surface area contributed by atoms with Crippen LogP contribution >= 0.6 is 11.6 Å². The molecule has 0 saturated heterocycles. The van der Waals surface area contributed by atoms with Gasteiger partial charge in [-0.3, -0.25) is 9.59 Å². The second kappa shape index (κ2) is 8.87. The van der Waals surface area contributed by atoms with Crippen molar-refractivity contribution in [3.05, 3.63) is 47.0 Å². The quantitative estimate of drug-likeness (QED) is 0.692. The molecule has 2 N–H and O–H groups in total. The zero-order valence-corrected chi connectivity index (χ0v) is 17.0. The molecule has 1 atom stereocenters. The Morgan fingerprint density at radius 1 is 1.34 bits per heavy atom. The number of methoxy groups -OCH3 is 1. The fourth-order valence-electron chi connectivity index (χ4n) is 2.79. The lowest BCUT2D eigenvalue weighted by Crippen LogP contribution is -2.34. The smallest absolute Gasteiger partial charge is 0.265 e. The van der Waals surface area contributed by atoms with E-state index < -0.39 is 6.10 Å². The predicted molar refractivity (Wildman–Crippen MR) is 112 cm³/mol. The summed E-state index contributed by atoms with van der Waals surface area (Å²) in [6.07, 6.45) is 2.45. The lowest BCUT2D eigenvalue weighted by Gasteiger charge is -2.23. The summed E-state index contributed by atoms with van der Waals surface area (Å²) in [5.74, 6) is 0.931. The van der Waals surface area contributed by atoms with E-state index in [4.69, 9.17) is 25.8 Å². The molecule has 29 heavy (non-hydrogen) atoms. The topological polar surface area (TPSA) is 85.9 Å². The first-order valence-electron chi connectivity index (χ1n) is 9.02. The summed E-state index contributed by atoms with van der Waals surface area (Å²) in [5, 5.41) is 5.87. The normalized spacial score (nSPS) is 15.3. The molecule has 1 aliphatic heterocycles. The lowest BCUT2D eigenvalue weighted by molar-refractivity contribution is -0.122. The largest absolute Gasteiger partial charge is 0.491 e. The second-order valence-electron chi connectivity index (χ2n) is 6.25. The Morgan fingerprint density at radius 3 is 2.86 bits per heavy atom. The Balaban J connectivity index is 1.72. The van der Waals surface area contributed by atoms with Crippen molar-refractivity contribution < 1.29 is 23.8 Å². The van der Waals surface area contributed by atoms with Gasteiger partial charge in [-0.2, -0.15) is 0 Å². The van der Waals surface area contributed by atoms with Crippen LogP contribution in [0.2, 0.25) is 5.02 Å². The van der Waals surface area contributed by atoms with E-state index in [2.05, 4.69) is 10.6 Å². The molecule has 0 spiro atoms. The van der Waals surface area contributed by atoms with Gasteiger partial charge in [-0.25, -0.2) is 0 Å². The second-order valence-corrected chi connectivity index (χ2v) is 6.66. The van der Waals surface area contributed by atoms with Crippen LogP contribution in [0.4, 0.5) is 11.4 Å². The minimum Gasteiger partial charge on any atom is -0.491 e. The SMILES string of the molecule is CCOc1cc(/C=C/C(=O)Nc2ccc3c(c2)NC(=O)[C@@H](C)O3)cc(Cl)c1OC. The van der Waals surface area contributed by atoms with Crippen molar-refractivity contribution in [1.29, 1.82) is 0 Å². The molecule has 0 unspecified atom stereocenters. The van der Waals surface area contributed by atoms with E-state index in [0.29, 0.717) is 45.8 Å². The van der Waals surface area contributed by atoms with Crippen molar-refractivity contribution in [1.82, 2.24) is 0 Å². The first-order chi connectivity index (χ1) is 13.9. The van der Waals surface area contributed by atoms with Gasteiger partial charge in [-0.1, -0.05) is 11.6 Å². The summed E-state index contributed by atoms with van der Waals surface area (Å²) in [6, 6.07) is 8.46. The number of rotatable bonds is 6. The van der Waals surface area contributed by atoms with Crippen LogP contribution in [-0.4, -0.2) is 31.6 Å². The fourth-order valence-corrected chi connectivity index (χ4v) is 3.08. The van der Waals surface area contributed by atoms with Crippen molar-refractivity contribution in [2.45, 2.75) is 20.0 Å². The van der Waals surface area contributed by atoms with E-state index in [9.17, 15) is 9.59 Å². The molecule has 1 heterocycles. The molecule has 3 rings (SSSR count). The van der Waals surface area contributed by atoms with Crippen LogP contribution in [0, 0.1) is 0 Å². The molecule has 0 saturated carbocycles. The van der Waals surface area contributed by atoms with Crippen molar-refractivity contribution >= 4 is 40.9 Å². The molecular formula is C21H21ClN2O5. The van der Waals surface area contributed by atoms with Gasteiger partial charge >= 0.3 is 0 Å². The Labute approximate surface area is 173 Å². The van der Waals surface area contributed by atoms with Gasteiger partial charge in [-0.15, -0.1) is 0 Å². The highest BCUT2D eigenvalue weighted by Gasteiger charge is 2.23. The highest BCUT2D eigenvalue weighted by Crippen LogP contribution is 2.36. The summed E-state index contributed by atoms with van der Waals surface area (Å²) in [6.45, 7) is 3.98. The number of amides is 2. The van der Waals surface area contributed by atoms with E-state index >= 15 is 0 Å². The Bertz CT molecular complexity index is 974. The van der Waals surface area contributed by atoms with Gasteiger partial charge in [0.25, 0.3) is 5.91 Å². The molecule has 0 aromatic heterocycles. The number of nitrogens with one attached hydrogen (secondary N) is 2. The summed E-state index contributed by atoms with van der Waals surface area (Å²) >= 11 is 6.22. The number of hydrogen-bond donors (Lipinski definition) is 2. The van der Waals surface area contributed by atoms with Crippen molar-refractivity contribution in [2.24, 2.45) is 0 Å². The van der Waals surface area contributed by atoms with Crippen molar-refractivity contribution in [3.8, 4) is 17.2 Å². The van der Waals surface area contributed by atoms with Gasteiger partial charge in [0.15, 0.2) is 17.6 Å². The maximum absolute atomic E-state index is 12.3. The van der Waals surface area contributed by atoms with Crippen molar-refractivity contribution in [3.63, 3.8) is 0 Å². The number of carbonyl (C=O) groups is 2. The maximum atomic E-state index is 12.3. The van der Waals surface area contributed by atoms with E-state index in [0.717, 1.165) is 0 Å². The highest BCUT2D eigenvalue weighted by atomic mass is 35.5. The van der Waals surface area contributed by atoms with Gasteiger partial charge in [0, 0.05) is 11.8 Å². The zero-order chi connectivity index (χ0) is 21.0. The molecule has 2 aromatic carbocycles. The number of carbonyl (C=O) groups excluding carboxylic acids is 2. The average Bonchev–Trinajstić information content (AvgIpc) is 2.68. The van der Waals surface area contributed by atoms with Crippen LogP contribution in [0.25, 0.3) is 6.08 Å². The molecule has 0 bridgehead atoms. The first-order valence-corrected chi connectivity index (χ1v) is 9.40. The fraction of sp³-hybridized carbons (Fsp3) is 0.238. The van der Waals surface area contributed by atoms with Gasteiger partial charge in [0.2, 0.25) is 5.91 Å². The van der Waals surface area contributed by atoms with E-state index in [-0.39, 0.29) is 11.8 Å². The molecule has 0 aliphatic carbocycles. The summed E-state index contributed by atoms with van der Waals surface area (Å²) in [7, 11) is 1.51. The van der Waals surface area contributed by atoms with Crippen molar-refractivity contribution in [2.75, 3.05) is 24.4 Å². The molecule has 152 valence electrons. The predicted octanol–water partition coefficient (Wildman–Crippen LogP) is 4.12. The molecule has 2 amide bonds. The summed E-state index contributed by atoms with van der Waals surface area (Å²) in [5.41, 5.74) is 1.73. The van der Waals surface area contributed by atoms with E-state index in [1.54, 1.807) is 43.3 Å². The number of ether oxygens (including phenoxy) is 3. The zero-order valence-electron chi connectivity index (χ0n) is 16.2. The van der Waals surface area contributed by atoms with E-state index in [1.807, 2.05) is 6.92 Å². The van der Waals surface area contributed by atoms with E-state index in [1.165, 1.54) is 13.2 Å². The van der Waals surface area contributed by atoms with Gasteiger partial charge in [0.1, 0.15) is 5.75 Å². The number of halogens is 1. The third-order valence-corrected chi connectivity index (χ3v) is 4.42. The monoisotopic (exact) mass is 416 g/mol. The summed E-state index contributed by atoms with van der Waals surface area (Å²) < 4.78 is 16.3. The third kappa shape index (κ3) is 4.81. The Hall–Kier alpha value is -3.19. The molecule has 2 aromatic rings. The Kier molecular flexibility index (Phi) is 6.29. The van der Waals surface area contributed by atoms with Crippen LogP contribution < -0.4 is 24.8 Å². The highest BCUT2D eigenvalue weighted by molar-refractivity contribution is 6.32. The molecular weight excluding hydrogens is 396 g/mol. The standard InChI is InChI=1S/C21H21ClN2O5/c1-4-28-18-10-13(9-15(22)20(18)27-3)5-8-19(25)23-14-6-7-17-16(11-14)24-21(26)12(2)29-17/h5-12H,4H2,1-3H3,(H,23,25)(H,24,26)/b8-5+/t12-/m1/s1. The number of hydrogen-bond acceptors (Lipinski definition) is 5. The minimum atomic E-state index is -0.552. The molecule has 0 radical (unpaired) electrons. The minimum absolute atomic E-state index is 0.234. The molecule has 8 heteroatoms. The van der Waals surface area contributed by atoms with Crippen LogP contribution in [0.3, 0.4) is 0 Å². The summed E-state index contributed by atoms with van der Waals surface area (Å²) in [4.78, 5) is 24.0. The van der Waals surface area contributed by atoms with Crippen LogP contribution in [-0.2, 0) is 9.59 Å². The number of anilines is 2.